The highest BCUT2D eigenvalue weighted by atomic mass is 32.2. The normalized spacial score (nSPS) is 15.1. The van der Waals surface area contributed by atoms with Crippen LogP contribution < -0.4 is 0 Å². The van der Waals surface area contributed by atoms with Gasteiger partial charge >= 0.3 is 6.18 Å². The Balaban J connectivity index is 1.53. The van der Waals surface area contributed by atoms with Crippen LogP contribution in [0.1, 0.15) is 57.8 Å². The van der Waals surface area contributed by atoms with E-state index >= 15 is 4.39 Å². The number of carbonyl (C=O) groups is 1. The predicted octanol–water partition coefficient (Wildman–Crippen LogP) is 4.87. The molecule has 35 heavy (non-hydrogen) atoms. The van der Waals surface area contributed by atoms with Crippen molar-refractivity contribution >= 4 is 15.7 Å². The van der Waals surface area contributed by atoms with Gasteiger partial charge in [-0.2, -0.15) is 13.2 Å². The zero-order valence-corrected chi connectivity index (χ0v) is 19.6. The molecule has 1 unspecified atom stereocenters. The Hall–Kier alpha value is -3.21. The van der Waals surface area contributed by atoms with E-state index in [1.807, 2.05) is 0 Å². The monoisotopic (exact) mass is 509 g/mol. The second-order valence-electron chi connectivity index (χ2n) is 8.35. The fourth-order valence-electron chi connectivity index (χ4n) is 4.17. The Morgan fingerprint density at radius 3 is 2.54 bits per heavy atom. The van der Waals surface area contributed by atoms with Crippen molar-refractivity contribution in [3.05, 3.63) is 82.2 Å². The van der Waals surface area contributed by atoms with Crippen molar-refractivity contribution in [2.75, 3.05) is 12.3 Å². The number of alkyl halides is 4. The fourth-order valence-corrected chi connectivity index (χ4v) is 5.38. The molecule has 4 rings (SSSR count). The third-order valence-corrected chi connectivity index (χ3v) is 7.68. The van der Waals surface area contributed by atoms with Gasteiger partial charge in [0.15, 0.2) is 6.17 Å². The zero-order chi connectivity index (χ0) is 25.4. The fraction of sp³-hybridized carbons (Fsp3) is 0.333. The molecule has 0 spiro atoms. The van der Waals surface area contributed by atoms with Gasteiger partial charge in [-0.25, -0.2) is 17.8 Å². The van der Waals surface area contributed by atoms with Crippen molar-refractivity contribution in [2.45, 2.75) is 43.8 Å². The van der Waals surface area contributed by atoms with Crippen LogP contribution in [0.15, 0.2) is 53.8 Å². The molecule has 0 saturated heterocycles. The molecule has 2 heterocycles. The number of benzene rings is 2. The van der Waals surface area contributed by atoms with E-state index in [1.165, 1.54) is 11.1 Å². The number of imidazole rings is 1. The van der Waals surface area contributed by atoms with Crippen LogP contribution in [0.4, 0.5) is 17.6 Å². The number of hydrogen-bond donors (Lipinski definition) is 1. The summed E-state index contributed by atoms with van der Waals surface area (Å²) in [5.41, 5.74) is 1.02. The minimum absolute atomic E-state index is 0.0209. The summed E-state index contributed by atoms with van der Waals surface area (Å²) in [7, 11) is -3.60. The number of rotatable bonds is 6. The number of nitrogens with one attached hydrogen (secondary N) is 1. The second-order valence-corrected chi connectivity index (χ2v) is 10.4. The molecule has 0 bridgehead atoms. The van der Waals surface area contributed by atoms with Gasteiger partial charge in [0.05, 0.1) is 11.3 Å². The van der Waals surface area contributed by atoms with Gasteiger partial charge < -0.3 is 9.88 Å². The molecular weight excluding hydrogens is 486 g/mol. The first-order valence-electron chi connectivity index (χ1n) is 11.0. The number of H-pyrrole nitrogens is 1. The minimum atomic E-state index is -4.50. The quantitative estimate of drug-likeness (QED) is 0.481. The molecule has 1 aromatic heterocycles. The highest BCUT2D eigenvalue weighted by Crippen LogP contribution is 2.35. The van der Waals surface area contributed by atoms with Crippen molar-refractivity contribution in [3.63, 3.8) is 0 Å². The highest BCUT2D eigenvalue weighted by Gasteiger charge is 2.31. The van der Waals surface area contributed by atoms with Crippen LogP contribution >= 0.6 is 0 Å². The Kier molecular flexibility index (Phi) is 6.72. The third-order valence-electron chi connectivity index (χ3n) is 5.93. The van der Waals surface area contributed by atoms with Gasteiger partial charge in [0.1, 0.15) is 5.69 Å². The largest absolute Gasteiger partial charge is 0.416 e. The van der Waals surface area contributed by atoms with E-state index in [-0.39, 0.29) is 35.3 Å². The van der Waals surface area contributed by atoms with E-state index in [1.54, 1.807) is 25.1 Å². The summed E-state index contributed by atoms with van der Waals surface area (Å²) in [6.45, 7) is 2.16. The van der Waals surface area contributed by atoms with Crippen LogP contribution in [-0.4, -0.2) is 41.5 Å². The van der Waals surface area contributed by atoms with E-state index in [4.69, 9.17) is 0 Å². The maximum Gasteiger partial charge on any atom is 0.416 e. The molecule has 6 nitrogen and oxygen atoms in total. The first-order valence-corrected chi connectivity index (χ1v) is 12.7. The molecule has 3 aromatic rings. The third kappa shape index (κ3) is 5.09. The van der Waals surface area contributed by atoms with Crippen LogP contribution in [-0.2, 0) is 29.0 Å². The van der Waals surface area contributed by atoms with Gasteiger partial charge in [-0.3, -0.25) is 4.79 Å². The molecule has 0 saturated carbocycles. The van der Waals surface area contributed by atoms with Crippen LogP contribution in [0.5, 0.6) is 0 Å². The van der Waals surface area contributed by atoms with Crippen LogP contribution in [0, 0.1) is 0 Å². The maximum atomic E-state index is 15.3. The number of aromatic amines is 1. The van der Waals surface area contributed by atoms with Gasteiger partial charge in [-0.1, -0.05) is 37.3 Å². The smallest absolute Gasteiger partial charge is 0.335 e. The van der Waals surface area contributed by atoms with E-state index in [9.17, 15) is 26.4 Å². The van der Waals surface area contributed by atoms with Crippen molar-refractivity contribution in [2.24, 2.45) is 0 Å². The number of sulfone groups is 1. The van der Waals surface area contributed by atoms with Gasteiger partial charge in [-0.15, -0.1) is 0 Å². The topological polar surface area (TPSA) is 83.1 Å². The van der Waals surface area contributed by atoms with Crippen molar-refractivity contribution in [1.29, 1.82) is 0 Å². The molecular formula is C24H23F4N3O3S. The molecule has 2 aromatic carbocycles. The van der Waals surface area contributed by atoms with Gasteiger partial charge in [0.25, 0.3) is 5.91 Å². The van der Waals surface area contributed by atoms with Crippen molar-refractivity contribution < 1.29 is 30.8 Å². The van der Waals surface area contributed by atoms with Gasteiger partial charge in [-0.05, 0) is 47.2 Å². The second kappa shape index (κ2) is 9.44. The van der Waals surface area contributed by atoms with Crippen LogP contribution in [0.3, 0.4) is 0 Å². The molecule has 11 heteroatoms. The lowest BCUT2D eigenvalue weighted by Crippen LogP contribution is -2.36. The van der Waals surface area contributed by atoms with E-state index < -0.39 is 33.7 Å². The lowest BCUT2D eigenvalue weighted by Gasteiger charge is -2.30. The van der Waals surface area contributed by atoms with E-state index in [0.29, 0.717) is 29.5 Å². The molecule has 0 aliphatic carbocycles. The summed E-state index contributed by atoms with van der Waals surface area (Å²) >= 11 is 0. The van der Waals surface area contributed by atoms with Crippen molar-refractivity contribution in [1.82, 2.24) is 14.9 Å². The first kappa shape index (κ1) is 24.9. The Labute approximate surface area is 199 Å². The molecule has 1 aliphatic heterocycles. The molecule has 1 aliphatic rings. The van der Waals surface area contributed by atoms with Gasteiger partial charge in [0, 0.05) is 19.3 Å². The number of carbonyl (C=O) groups excluding carboxylic acids is 1. The average molecular weight is 510 g/mol. The number of hydrogen-bond acceptors (Lipinski definition) is 4. The molecule has 1 N–H and O–H groups in total. The predicted molar refractivity (Wildman–Crippen MR) is 120 cm³/mol. The summed E-state index contributed by atoms with van der Waals surface area (Å²) < 4.78 is 78.2. The molecule has 0 fully saturated rings. The summed E-state index contributed by atoms with van der Waals surface area (Å²) in [5, 5.41) is -0.251. The van der Waals surface area contributed by atoms with Crippen LogP contribution in [0.2, 0.25) is 0 Å². The van der Waals surface area contributed by atoms with Gasteiger partial charge in [0.2, 0.25) is 15.0 Å². The van der Waals surface area contributed by atoms with Crippen molar-refractivity contribution in [3.8, 4) is 0 Å². The summed E-state index contributed by atoms with van der Waals surface area (Å²) in [5.74, 6) is -0.535. The molecule has 186 valence electrons. The lowest BCUT2D eigenvalue weighted by atomic mass is 9.89. The highest BCUT2D eigenvalue weighted by molar-refractivity contribution is 7.91. The summed E-state index contributed by atoms with van der Waals surface area (Å²) in [6, 6.07) is 8.98. The number of halogens is 4. The standard InChI is InChI=1S/C24H23F4N3O3S/c1-2-12-35(33,34)23-29-13-20(30-23)22(32)31-11-10-18-16(14-31)4-3-5-19(18)21(25)15-6-8-17(9-7-15)24(26,27)28/h3-9,13,21H,2,10-12,14H2,1H3,(H,29,30). The Morgan fingerprint density at radius 2 is 1.89 bits per heavy atom. The van der Waals surface area contributed by atoms with E-state index in [2.05, 4.69) is 9.97 Å². The Morgan fingerprint density at radius 1 is 1.17 bits per heavy atom. The number of amides is 1. The lowest BCUT2D eigenvalue weighted by molar-refractivity contribution is -0.137. The number of nitrogens with zero attached hydrogens (tertiary/aromatic N) is 2. The molecule has 0 radical (unpaired) electrons. The number of aromatic nitrogens is 2. The molecule has 1 amide bonds. The Bertz CT molecular complexity index is 1330. The average Bonchev–Trinajstić information content (AvgIpc) is 3.33. The molecule has 1 atom stereocenters. The summed E-state index contributed by atoms with van der Waals surface area (Å²) in [6.07, 6.45) is -4.10. The summed E-state index contributed by atoms with van der Waals surface area (Å²) in [4.78, 5) is 21.0. The SMILES string of the molecule is CCCS(=O)(=O)c1nc(C(=O)N2CCc3c(cccc3C(F)c3ccc(C(F)(F)F)cc3)C2)c[nH]1. The van der Waals surface area contributed by atoms with Crippen LogP contribution in [0.25, 0.3) is 0 Å². The number of fused-ring (bicyclic) bond motifs is 1. The maximum absolute atomic E-state index is 15.3. The van der Waals surface area contributed by atoms with E-state index in [0.717, 1.165) is 24.3 Å². The minimum Gasteiger partial charge on any atom is -0.335 e. The zero-order valence-electron chi connectivity index (χ0n) is 18.8. The first-order chi connectivity index (χ1) is 16.5.